The second-order valence-corrected chi connectivity index (χ2v) is 4.95. The van der Waals surface area contributed by atoms with E-state index >= 15 is 0 Å². The van der Waals surface area contributed by atoms with Crippen LogP contribution in [0.15, 0.2) is 43.0 Å². The van der Waals surface area contributed by atoms with Gasteiger partial charge >= 0.3 is 0 Å². The van der Waals surface area contributed by atoms with Crippen molar-refractivity contribution in [1.29, 1.82) is 0 Å². The molecule has 0 radical (unpaired) electrons. The molecule has 2 N–H and O–H groups in total. The molecule has 1 aromatic carbocycles. The number of amides is 1. The number of hydrogen-bond acceptors (Lipinski definition) is 5. The minimum atomic E-state index is -0.363. The molecular formula is C17H18N4O2. The van der Waals surface area contributed by atoms with E-state index in [1.165, 1.54) is 6.92 Å². The number of rotatable bonds is 6. The monoisotopic (exact) mass is 310 g/mol. The summed E-state index contributed by atoms with van der Waals surface area (Å²) in [6.07, 6.45) is 1.70. The Bertz CT molecular complexity index is 756. The first-order valence-electron chi connectivity index (χ1n) is 7.12. The molecule has 0 aliphatic carbocycles. The van der Waals surface area contributed by atoms with Crippen LogP contribution in [-0.4, -0.2) is 28.2 Å². The highest BCUT2D eigenvalue weighted by atomic mass is 16.2. The van der Waals surface area contributed by atoms with Crippen molar-refractivity contribution in [3.05, 3.63) is 60.1 Å². The predicted molar refractivity (Wildman–Crippen MR) is 89.9 cm³/mol. The van der Waals surface area contributed by atoms with Gasteiger partial charge in [-0.15, -0.1) is 6.58 Å². The molecule has 118 valence electrons. The Hall–Kier alpha value is -3.02. The van der Waals surface area contributed by atoms with Crippen LogP contribution in [0, 0.1) is 6.92 Å². The molecule has 0 unspecified atom stereocenters. The van der Waals surface area contributed by atoms with Gasteiger partial charge in [0.25, 0.3) is 5.91 Å². The lowest BCUT2D eigenvalue weighted by molar-refractivity contribution is 0.100. The molecule has 1 amide bonds. The molecule has 0 aliphatic heterocycles. The summed E-state index contributed by atoms with van der Waals surface area (Å²) in [5, 5.41) is 5.76. The summed E-state index contributed by atoms with van der Waals surface area (Å²) >= 11 is 0. The zero-order chi connectivity index (χ0) is 16.8. The van der Waals surface area contributed by atoms with Crippen molar-refractivity contribution in [3.63, 3.8) is 0 Å². The van der Waals surface area contributed by atoms with E-state index in [0.29, 0.717) is 29.4 Å². The van der Waals surface area contributed by atoms with Crippen molar-refractivity contribution in [2.24, 2.45) is 0 Å². The van der Waals surface area contributed by atoms with E-state index in [1.54, 1.807) is 43.3 Å². The molecule has 6 nitrogen and oxygen atoms in total. The molecule has 0 spiro atoms. The Morgan fingerprint density at radius 2 is 2.04 bits per heavy atom. The second kappa shape index (κ2) is 7.31. The summed E-state index contributed by atoms with van der Waals surface area (Å²) < 4.78 is 0. The summed E-state index contributed by atoms with van der Waals surface area (Å²) in [7, 11) is 0. The number of carbonyl (C=O) groups is 2. The number of hydrogen-bond donors (Lipinski definition) is 2. The molecule has 0 atom stereocenters. The van der Waals surface area contributed by atoms with Gasteiger partial charge in [-0.2, -0.15) is 0 Å². The predicted octanol–water partition coefficient (Wildman–Crippen LogP) is 2.84. The molecule has 23 heavy (non-hydrogen) atoms. The number of anilines is 2. The van der Waals surface area contributed by atoms with Gasteiger partial charge in [0.2, 0.25) is 0 Å². The average molecular weight is 310 g/mol. The minimum absolute atomic E-state index is 0.0603. The first-order valence-corrected chi connectivity index (χ1v) is 7.12. The van der Waals surface area contributed by atoms with Gasteiger partial charge in [0.05, 0.1) is 0 Å². The van der Waals surface area contributed by atoms with Gasteiger partial charge in [-0.3, -0.25) is 9.59 Å². The van der Waals surface area contributed by atoms with E-state index < -0.39 is 0 Å². The fourth-order valence-electron chi connectivity index (χ4n) is 1.96. The first-order chi connectivity index (χ1) is 11.0. The van der Waals surface area contributed by atoms with Crippen molar-refractivity contribution in [2.45, 2.75) is 13.8 Å². The van der Waals surface area contributed by atoms with E-state index in [4.69, 9.17) is 0 Å². The van der Waals surface area contributed by atoms with Crippen molar-refractivity contribution in [2.75, 3.05) is 17.2 Å². The zero-order valence-electron chi connectivity index (χ0n) is 13.1. The molecule has 0 bridgehead atoms. The third kappa shape index (κ3) is 4.47. The van der Waals surface area contributed by atoms with E-state index in [-0.39, 0.29) is 17.4 Å². The Balaban J connectivity index is 2.20. The Morgan fingerprint density at radius 1 is 1.26 bits per heavy atom. The smallest absolute Gasteiger partial charge is 0.274 e. The maximum Gasteiger partial charge on any atom is 0.274 e. The number of Topliss-reactive ketones (excluding diaryl/α,β-unsaturated/α-hetero) is 1. The van der Waals surface area contributed by atoms with Crippen molar-refractivity contribution in [1.82, 2.24) is 9.97 Å². The van der Waals surface area contributed by atoms with Crippen LogP contribution in [0.3, 0.4) is 0 Å². The molecule has 1 aromatic heterocycles. The average Bonchev–Trinajstić information content (AvgIpc) is 2.52. The summed E-state index contributed by atoms with van der Waals surface area (Å²) in [4.78, 5) is 32.1. The molecule has 0 fully saturated rings. The first kappa shape index (κ1) is 16.4. The second-order valence-electron chi connectivity index (χ2n) is 4.95. The Labute approximate surface area is 134 Å². The largest absolute Gasteiger partial charge is 0.366 e. The van der Waals surface area contributed by atoms with Gasteiger partial charge in [-0.1, -0.05) is 18.2 Å². The topological polar surface area (TPSA) is 84.0 Å². The minimum Gasteiger partial charge on any atom is -0.366 e. The number of aryl methyl sites for hydroxylation is 1. The highest BCUT2D eigenvalue weighted by molar-refractivity contribution is 6.04. The standard InChI is InChI=1S/C17H18N4O2/c1-4-8-18-16-10-15(19-12(3)20-16)17(23)21-14-7-5-6-13(9-14)11(2)22/h4-7,9-10H,1,8H2,2-3H3,(H,21,23)(H,18,19,20). The van der Waals surface area contributed by atoms with Crippen LogP contribution in [0.5, 0.6) is 0 Å². The summed E-state index contributed by atoms with van der Waals surface area (Å²) in [6, 6.07) is 8.33. The van der Waals surface area contributed by atoms with Crippen molar-refractivity contribution < 1.29 is 9.59 Å². The molecule has 0 aliphatic rings. The number of nitrogens with zero attached hydrogens (tertiary/aromatic N) is 2. The van der Waals surface area contributed by atoms with E-state index in [1.807, 2.05) is 0 Å². The van der Waals surface area contributed by atoms with Crippen molar-refractivity contribution in [3.8, 4) is 0 Å². The van der Waals surface area contributed by atoms with E-state index in [9.17, 15) is 9.59 Å². The maximum atomic E-state index is 12.3. The fraction of sp³-hybridized carbons (Fsp3) is 0.176. The molecule has 6 heteroatoms. The number of benzene rings is 1. The van der Waals surface area contributed by atoms with Crippen LogP contribution in [0.2, 0.25) is 0 Å². The van der Waals surface area contributed by atoms with Crippen LogP contribution in [0.1, 0.15) is 33.6 Å². The third-order valence-electron chi connectivity index (χ3n) is 3.03. The number of ketones is 1. The Morgan fingerprint density at radius 3 is 2.74 bits per heavy atom. The van der Waals surface area contributed by atoms with Gasteiger partial charge in [0, 0.05) is 23.9 Å². The number of nitrogens with one attached hydrogen (secondary N) is 2. The summed E-state index contributed by atoms with van der Waals surface area (Å²) in [5.74, 6) is 0.620. The lowest BCUT2D eigenvalue weighted by Gasteiger charge is -2.08. The van der Waals surface area contributed by atoms with Crippen LogP contribution < -0.4 is 10.6 Å². The quantitative estimate of drug-likeness (QED) is 0.633. The number of aromatic nitrogens is 2. The van der Waals surface area contributed by atoms with E-state index in [2.05, 4.69) is 27.2 Å². The molecule has 0 saturated carbocycles. The molecule has 2 aromatic rings. The van der Waals surface area contributed by atoms with Crippen LogP contribution in [0.25, 0.3) is 0 Å². The number of carbonyl (C=O) groups excluding carboxylic acids is 2. The Kier molecular flexibility index (Phi) is 5.19. The fourth-order valence-corrected chi connectivity index (χ4v) is 1.96. The highest BCUT2D eigenvalue weighted by Gasteiger charge is 2.11. The van der Waals surface area contributed by atoms with Gasteiger partial charge in [0.1, 0.15) is 17.3 Å². The molecule has 2 rings (SSSR count). The molecular weight excluding hydrogens is 292 g/mol. The van der Waals surface area contributed by atoms with Crippen LogP contribution in [-0.2, 0) is 0 Å². The van der Waals surface area contributed by atoms with Gasteiger partial charge in [-0.05, 0) is 26.0 Å². The molecule has 0 saturated heterocycles. The zero-order valence-corrected chi connectivity index (χ0v) is 13.1. The summed E-state index contributed by atoms with van der Waals surface area (Å²) in [5.41, 5.74) is 1.33. The van der Waals surface area contributed by atoms with Crippen LogP contribution >= 0.6 is 0 Å². The highest BCUT2D eigenvalue weighted by Crippen LogP contribution is 2.13. The van der Waals surface area contributed by atoms with E-state index in [0.717, 1.165) is 0 Å². The van der Waals surface area contributed by atoms with Gasteiger partial charge in [0.15, 0.2) is 5.78 Å². The SMILES string of the molecule is C=CCNc1cc(C(=O)Nc2cccc(C(C)=O)c2)nc(C)n1. The lowest BCUT2D eigenvalue weighted by atomic mass is 10.1. The van der Waals surface area contributed by atoms with Gasteiger partial charge in [-0.25, -0.2) is 9.97 Å². The normalized spacial score (nSPS) is 10.0. The summed E-state index contributed by atoms with van der Waals surface area (Å²) in [6.45, 7) is 7.35. The molecule has 1 heterocycles. The van der Waals surface area contributed by atoms with Crippen LogP contribution in [0.4, 0.5) is 11.5 Å². The maximum absolute atomic E-state index is 12.3. The lowest BCUT2D eigenvalue weighted by Crippen LogP contribution is -2.16. The van der Waals surface area contributed by atoms with Gasteiger partial charge < -0.3 is 10.6 Å². The third-order valence-corrected chi connectivity index (χ3v) is 3.03. The van der Waals surface area contributed by atoms with Crippen molar-refractivity contribution >= 4 is 23.2 Å².